The van der Waals surface area contributed by atoms with Gasteiger partial charge in [-0.25, -0.2) is 0 Å². The Bertz CT molecular complexity index is 645. The first kappa shape index (κ1) is 13.2. The molecule has 0 aliphatic rings. The van der Waals surface area contributed by atoms with Crippen LogP contribution >= 0.6 is 11.3 Å². The fourth-order valence-electron chi connectivity index (χ4n) is 2.24. The third-order valence-electron chi connectivity index (χ3n) is 3.21. The van der Waals surface area contributed by atoms with Crippen molar-refractivity contribution in [3.63, 3.8) is 0 Å². The molecule has 0 aliphatic heterocycles. The van der Waals surface area contributed by atoms with Crippen LogP contribution in [0.3, 0.4) is 0 Å². The highest BCUT2D eigenvalue weighted by Crippen LogP contribution is 2.32. The fourth-order valence-corrected chi connectivity index (χ4v) is 3.40. The molecule has 0 spiro atoms. The third kappa shape index (κ3) is 2.71. The van der Waals surface area contributed by atoms with E-state index in [0.29, 0.717) is 0 Å². The fraction of sp³-hybridized carbons (Fsp3) is 0.250. The van der Waals surface area contributed by atoms with Gasteiger partial charge in [0.05, 0.1) is 17.9 Å². The van der Waals surface area contributed by atoms with Crippen molar-refractivity contribution >= 4 is 21.4 Å². The summed E-state index contributed by atoms with van der Waals surface area (Å²) in [6, 6.07) is 10.9. The van der Waals surface area contributed by atoms with Crippen LogP contribution < -0.4 is 5.32 Å². The lowest BCUT2D eigenvalue weighted by Gasteiger charge is -2.15. The van der Waals surface area contributed by atoms with Crippen LogP contribution in [0.25, 0.3) is 10.1 Å². The van der Waals surface area contributed by atoms with Gasteiger partial charge in [-0.1, -0.05) is 25.1 Å². The van der Waals surface area contributed by atoms with E-state index in [2.05, 4.69) is 52.5 Å². The van der Waals surface area contributed by atoms with Crippen LogP contribution in [-0.2, 0) is 0 Å². The predicted octanol–water partition coefficient (Wildman–Crippen LogP) is 3.78. The Morgan fingerprint density at radius 3 is 2.90 bits per heavy atom. The molecule has 3 rings (SSSR count). The molecule has 0 saturated heterocycles. The SMILES string of the molecule is CCCNC(c1cnccn1)c1cc2ccccc2s1. The molecule has 0 amide bonds. The molecular weight excluding hydrogens is 266 g/mol. The molecule has 0 fully saturated rings. The summed E-state index contributed by atoms with van der Waals surface area (Å²) >= 11 is 1.82. The molecule has 3 nitrogen and oxygen atoms in total. The number of rotatable bonds is 5. The van der Waals surface area contributed by atoms with Crippen molar-refractivity contribution in [2.24, 2.45) is 0 Å². The van der Waals surface area contributed by atoms with Gasteiger partial charge in [0.15, 0.2) is 0 Å². The monoisotopic (exact) mass is 283 g/mol. The van der Waals surface area contributed by atoms with Crippen LogP contribution in [-0.4, -0.2) is 16.5 Å². The highest BCUT2D eigenvalue weighted by molar-refractivity contribution is 7.19. The number of fused-ring (bicyclic) bond motifs is 1. The van der Waals surface area contributed by atoms with E-state index in [1.165, 1.54) is 15.0 Å². The van der Waals surface area contributed by atoms with Gasteiger partial charge in [0.1, 0.15) is 0 Å². The van der Waals surface area contributed by atoms with Gasteiger partial charge in [0.2, 0.25) is 0 Å². The van der Waals surface area contributed by atoms with Crippen LogP contribution in [0.5, 0.6) is 0 Å². The van der Waals surface area contributed by atoms with Crippen LogP contribution in [0.1, 0.15) is 30.0 Å². The zero-order valence-electron chi connectivity index (χ0n) is 11.4. The Morgan fingerprint density at radius 1 is 1.25 bits per heavy atom. The molecule has 4 heteroatoms. The average Bonchev–Trinajstić information content (AvgIpc) is 2.92. The van der Waals surface area contributed by atoms with Gasteiger partial charge >= 0.3 is 0 Å². The number of hydrogen-bond donors (Lipinski definition) is 1. The maximum atomic E-state index is 4.46. The molecule has 1 aromatic carbocycles. The van der Waals surface area contributed by atoms with Crippen molar-refractivity contribution in [2.75, 3.05) is 6.54 Å². The quantitative estimate of drug-likeness (QED) is 0.774. The zero-order valence-corrected chi connectivity index (χ0v) is 12.2. The molecule has 0 radical (unpaired) electrons. The standard InChI is InChI=1S/C16H17N3S/c1-2-7-19-16(13-11-17-8-9-18-13)15-10-12-5-3-4-6-14(12)20-15/h3-6,8-11,16,19H,2,7H2,1H3. The molecule has 1 unspecified atom stereocenters. The molecule has 0 aliphatic carbocycles. The van der Waals surface area contributed by atoms with Crippen molar-refractivity contribution in [1.82, 2.24) is 15.3 Å². The molecule has 0 saturated carbocycles. The van der Waals surface area contributed by atoms with Crippen molar-refractivity contribution < 1.29 is 0 Å². The van der Waals surface area contributed by atoms with E-state index >= 15 is 0 Å². The maximum absolute atomic E-state index is 4.46. The Morgan fingerprint density at radius 2 is 2.15 bits per heavy atom. The second-order valence-electron chi connectivity index (χ2n) is 4.70. The van der Waals surface area contributed by atoms with Crippen molar-refractivity contribution in [1.29, 1.82) is 0 Å². The van der Waals surface area contributed by atoms with E-state index in [-0.39, 0.29) is 6.04 Å². The minimum Gasteiger partial charge on any atom is -0.304 e. The molecular formula is C16H17N3S. The first-order chi connectivity index (χ1) is 9.88. The molecule has 102 valence electrons. The number of benzene rings is 1. The smallest absolute Gasteiger partial charge is 0.0861 e. The summed E-state index contributed by atoms with van der Waals surface area (Å²) in [5, 5.41) is 4.86. The Labute approximate surface area is 122 Å². The lowest BCUT2D eigenvalue weighted by atomic mass is 10.1. The van der Waals surface area contributed by atoms with E-state index in [1.54, 1.807) is 12.4 Å². The van der Waals surface area contributed by atoms with Crippen LogP contribution in [0.4, 0.5) is 0 Å². The van der Waals surface area contributed by atoms with Gasteiger partial charge in [-0.2, -0.15) is 0 Å². The Hall–Kier alpha value is -1.78. The van der Waals surface area contributed by atoms with Gasteiger partial charge in [0, 0.05) is 22.0 Å². The van der Waals surface area contributed by atoms with Gasteiger partial charge in [-0.3, -0.25) is 9.97 Å². The van der Waals surface area contributed by atoms with E-state index < -0.39 is 0 Å². The zero-order chi connectivity index (χ0) is 13.8. The number of nitrogens with zero attached hydrogens (tertiary/aromatic N) is 2. The van der Waals surface area contributed by atoms with Crippen LogP contribution in [0.2, 0.25) is 0 Å². The summed E-state index contributed by atoms with van der Waals surface area (Å²) in [6.45, 7) is 3.14. The minimum atomic E-state index is 0.126. The predicted molar refractivity (Wildman–Crippen MR) is 84.0 cm³/mol. The number of nitrogens with one attached hydrogen (secondary N) is 1. The summed E-state index contributed by atoms with van der Waals surface area (Å²) in [6.07, 6.45) is 6.41. The first-order valence-electron chi connectivity index (χ1n) is 6.86. The highest BCUT2D eigenvalue weighted by Gasteiger charge is 2.17. The first-order valence-corrected chi connectivity index (χ1v) is 7.68. The summed E-state index contributed by atoms with van der Waals surface area (Å²) in [4.78, 5) is 9.95. The van der Waals surface area contributed by atoms with Crippen molar-refractivity contribution in [3.05, 3.63) is 59.5 Å². The topological polar surface area (TPSA) is 37.8 Å². The summed E-state index contributed by atoms with van der Waals surface area (Å²) in [5.74, 6) is 0. The molecule has 2 heterocycles. The Balaban J connectivity index is 2.00. The third-order valence-corrected chi connectivity index (χ3v) is 4.39. The molecule has 3 aromatic rings. The second-order valence-corrected chi connectivity index (χ2v) is 5.82. The van der Waals surface area contributed by atoms with Gasteiger partial charge in [0.25, 0.3) is 0 Å². The van der Waals surface area contributed by atoms with Gasteiger partial charge in [-0.15, -0.1) is 11.3 Å². The molecule has 20 heavy (non-hydrogen) atoms. The van der Waals surface area contributed by atoms with Crippen LogP contribution in [0.15, 0.2) is 48.9 Å². The van der Waals surface area contributed by atoms with Crippen molar-refractivity contribution in [3.8, 4) is 0 Å². The van der Waals surface area contributed by atoms with E-state index in [4.69, 9.17) is 0 Å². The number of thiophene rings is 1. The highest BCUT2D eigenvalue weighted by atomic mass is 32.1. The van der Waals surface area contributed by atoms with Gasteiger partial charge in [-0.05, 0) is 30.5 Å². The van der Waals surface area contributed by atoms with Gasteiger partial charge < -0.3 is 5.32 Å². The number of hydrogen-bond acceptors (Lipinski definition) is 4. The summed E-state index contributed by atoms with van der Waals surface area (Å²) < 4.78 is 1.31. The normalized spacial score (nSPS) is 12.7. The summed E-state index contributed by atoms with van der Waals surface area (Å²) in [5.41, 5.74) is 0.979. The van der Waals surface area contributed by atoms with Crippen molar-refractivity contribution in [2.45, 2.75) is 19.4 Å². The minimum absolute atomic E-state index is 0.126. The number of aromatic nitrogens is 2. The average molecular weight is 283 g/mol. The lowest BCUT2D eigenvalue weighted by molar-refractivity contribution is 0.592. The van der Waals surface area contributed by atoms with E-state index in [0.717, 1.165) is 18.7 Å². The lowest BCUT2D eigenvalue weighted by Crippen LogP contribution is -2.23. The largest absolute Gasteiger partial charge is 0.304 e. The van der Waals surface area contributed by atoms with Crippen LogP contribution in [0, 0.1) is 0 Å². The maximum Gasteiger partial charge on any atom is 0.0861 e. The Kier molecular flexibility index (Phi) is 4.04. The summed E-state index contributed by atoms with van der Waals surface area (Å²) in [7, 11) is 0. The molecule has 1 N–H and O–H groups in total. The van der Waals surface area contributed by atoms with E-state index in [9.17, 15) is 0 Å². The molecule has 2 aromatic heterocycles. The molecule has 1 atom stereocenters. The van der Waals surface area contributed by atoms with E-state index in [1.807, 2.05) is 17.5 Å². The second kappa shape index (κ2) is 6.11. The molecule has 0 bridgehead atoms.